The lowest BCUT2D eigenvalue weighted by molar-refractivity contribution is -0.387. The fourth-order valence-corrected chi connectivity index (χ4v) is 1.68. The Morgan fingerprint density at radius 2 is 2.20 bits per heavy atom. The largest absolute Gasteiger partial charge is 0.491 e. The van der Waals surface area contributed by atoms with Crippen LogP contribution in [0.25, 0.3) is 0 Å². The van der Waals surface area contributed by atoms with Crippen molar-refractivity contribution in [2.75, 3.05) is 0 Å². The van der Waals surface area contributed by atoms with Crippen LogP contribution >= 0.6 is 0 Å². The summed E-state index contributed by atoms with van der Waals surface area (Å²) in [4.78, 5) is 20.7. The molecule has 110 valence electrons. The zero-order valence-electron chi connectivity index (χ0n) is 11.1. The van der Waals surface area contributed by atoms with Crippen LogP contribution in [0.2, 0.25) is 0 Å². The standard InChI is InChI=1S/C12H16FN3O4/c1-7(6-12(2,15)11(14)17)20-8-3-4-10(16(18)19)9(13)5-8/h3-5,7H,6,15H2,1-2H3,(H2,14,17). The number of nitro benzene ring substituents is 1. The molecule has 1 aromatic carbocycles. The lowest BCUT2D eigenvalue weighted by Crippen LogP contribution is -2.51. The SMILES string of the molecule is CC(CC(C)(N)C(N)=O)Oc1ccc([N+](=O)[O-])c(F)c1. The highest BCUT2D eigenvalue weighted by Gasteiger charge is 2.29. The van der Waals surface area contributed by atoms with Gasteiger partial charge in [0.25, 0.3) is 0 Å². The predicted octanol–water partition coefficient (Wildman–Crippen LogP) is 1.09. The van der Waals surface area contributed by atoms with E-state index in [1.165, 1.54) is 13.0 Å². The summed E-state index contributed by atoms with van der Waals surface area (Å²) < 4.78 is 18.8. The van der Waals surface area contributed by atoms with Crippen molar-refractivity contribution in [2.24, 2.45) is 11.5 Å². The Balaban J connectivity index is 2.77. The first-order valence-electron chi connectivity index (χ1n) is 5.83. The monoisotopic (exact) mass is 285 g/mol. The van der Waals surface area contributed by atoms with Crippen LogP contribution in [0, 0.1) is 15.9 Å². The van der Waals surface area contributed by atoms with Crippen LogP contribution in [0.15, 0.2) is 18.2 Å². The number of benzene rings is 1. The van der Waals surface area contributed by atoms with Crippen LogP contribution in [0.1, 0.15) is 20.3 Å². The van der Waals surface area contributed by atoms with Gasteiger partial charge in [0, 0.05) is 18.6 Å². The van der Waals surface area contributed by atoms with Crippen molar-refractivity contribution in [1.29, 1.82) is 0 Å². The van der Waals surface area contributed by atoms with E-state index in [1.807, 2.05) is 0 Å². The molecule has 0 bridgehead atoms. The normalized spacial score (nSPS) is 15.2. The van der Waals surface area contributed by atoms with Gasteiger partial charge in [-0.05, 0) is 19.9 Å². The lowest BCUT2D eigenvalue weighted by atomic mass is 9.95. The molecule has 8 heteroatoms. The van der Waals surface area contributed by atoms with Crippen LogP contribution in [0.3, 0.4) is 0 Å². The second-order valence-electron chi connectivity index (χ2n) is 4.78. The Labute approximate surface area is 114 Å². The second kappa shape index (κ2) is 5.83. The summed E-state index contributed by atoms with van der Waals surface area (Å²) in [7, 11) is 0. The fourth-order valence-electron chi connectivity index (χ4n) is 1.68. The molecule has 0 heterocycles. The summed E-state index contributed by atoms with van der Waals surface area (Å²) in [5.74, 6) is -1.56. The molecule has 1 aromatic rings. The van der Waals surface area contributed by atoms with E-state index in [-0.39, 0.29) is 12.2 Å². The van der Waals surface area contributed by atoms with Gasteiger partial charge in [0.05, 0.1) is 16.6 Å². The second-order valence-corrected chi connectivity index (χ2v) is 4.78. The van der Waals surface area contributed by atoms with Gasteiger partial charge in [-0.3, -0.25) is 14.9 Å². The minimum absolute atomic E-state index is 0.112. The molecule has 0 radical (unpaired) electrons. The summed E-state index contributed by atoms with van der Waals surface area (Å²) in [6.07, 6.45) is -0.389. The summed E-state index contributed by atoms with van der Waals surface area (Å²) in [5, 5.41) is 10.5. The Morgan fingerprint density at radius 1 is 1.60 bits per heavy atom. The molecule has 0 saturated carbocycles. The number of ether oxygens (including phenoxy) is 1. The maximum atomic E-state index is 13.4. The van der Waals surface area contributed by atoms with Crippen LogP contribution < -0.4 is 16.2 Å². The van der Waals surface area contributed by atoms with E-state index in [9.17, 15) is 19.3 Å². The molecule has 7 nitrogen and oxygen atoms in total. The number of halogens is 1. The number of hydrogen-bond donors (Lipinski definition) is 2. The molecular formula is C12H16FN3O4. The van der Waals surface area contributed by atoms with E-state index in [0.29, 0.717) is 0 Å². The van der Waals surface area contributed by atoms with Crippen LogP contribution in [-0.4, -0.2) is 22.5 Å². The Bertz CT molecular complexity index is 533. The first-order valence-corrected chi connectivity index (χ1v) is 5.83. The minimum Gasteiger partial charge on any atom is -0.491 e. The molecule has 1 rings (SSSR count). The Hall–Kier alpha value is -2.22. The number of carbonyl (C=O) groups excluding carboxylic acids is 1. The third-order valence-corrected chi connectivity index (χ3v) is 2.73. The number of primary amides is 1. The number of nitro groups is 1. The molecule has 0 aliphatic carbocycles. The minimum atomic E-state index is -1.25. The molecule has 0 fully saturated rings. The van der Waals surface area contributed by atoms with Gasteiger partial charge in [0.15, 0.2) is 0 Å². The van der Waals surface area contributed by atoms with Gasteiger partial charge in [0.2, 0.25) is 11.7 Å². The number of amides is 1. The van der Waals surface area contributed by atoms with E-state index in [0.717, 1.165) is 12.1 Å². The third-order valence-electron chi connectivity index (χ3n) is 2.73. The first kappa shape index (κ1) is 15.8. The maximum Gasteiger partial charge on any atom is 0.305 e. The number of nitrogens with zero attached hydrogens (tertiary/aromatic N) is 1. The summed E-state index contributed by atoms with van der Waals surface area (Å²) in [6, 6.07) is 3.19. The molecule has 0 aliphatic heterocycles. The number of hydrogen-bond acceptors (Lipinski definition) is 5. The lowest BCUT2D eigenvalue weighted by Gasteiger charge is -2.25. The Morgan fingerprint density at radius 3 is 2.65 bits per heavy atom. The molecule has 0 spiro atoms. The van der Waals surface area contributed by atoms with Gasteiger partial charge in [-0.25, -0.2) is 0 Å². The van der Waals surface area contributed by atoms with Gasteiger partial charge in [-0.2, -0.15) is 4.39 Å². The van der Waals surface area contributed by atoms with Crippen molar-refractivity contribution in [3.8, 4) is 5.75 Å². The smallest absolute Gasteiger partial charge is 0.305 e. The molecule has 0 saturated heterocycles. The molecule has 1 amide bonds. The van der Waals surface area contributed by atoms with E-state index in [1.54, 1.807) is 6.92 Å². The van der Waals surface area contributed by atoms with Gasteiger partial charge in [-0.1, -0.05) is 0 Å². The van der Waals surface area contributed by atoms with E-state index in [4.69, 9.17) is 16.2 Å². The molecular weight excluding hydrogens is 269 g/mol. The average molecular weight is 285 g/mol. The van der Waals surface area contributed by atoms with Crippen LogP contribution in [0.5, 0.6) is 5.75 Å². The highest BCUT2D eigenvalue weighted by atomic mass is 19.1. The van der Waals surface area contributed by atoms with Crippen molar-refractivity contribution >= 4 is 11.6 Å². The van der Waals surface area contributed by atoms with E-state index < -0.39 is 34.0 Å². The highest BCUT2D eigenvalue weighted by molar-refractivity contribution is 5.83. The zero-order chi connectivity index (χ0) is 15.5. The van der Waals surface area contributed by atoms with Crippen molar-refractivity contribution < 1.29 is 18.8 Å². The summed E-state index contributed by atoms with van der Waals surface area (Å²) in [6.45, 7) is 3.10. The van der Waals surface area contributed by atoms with Gasteiger partial charge < -0.3 is 16.2 Å². The predicted molar refractivity (Wildman–Crippen MR) is 69.5 cm³/mol. The number of rotatable bonds is 6. The first-order chi connectivity index (χ1) is 9.13. The molecule has 0 aromatic heterocycles. The topological polar surface area (TPSA) is 121 Å². The van der Waals surface area contributed by atoms with E-state index >= 15 is 0 Å². The molecule has 2 atom stereocenters. The van der Waals surface area contributed by atoms with Crippen molar-refractivity contribution in [1.82, 2.24) is 0 Å². The molecule has 0 aliphatic rings. The van der Waals surface area contributed by atoms with Crippen molar-refractivity contribution in [2.45, 2.75) is 31.9 Å². The van der Waals surface area contributed by atoms with Crippen molar-refractivity contribution in [3.05, 3.63) is 34.1 Å². The molecule has 2 unspecified atom stereocenters. The van der Waals surface area contributed by atoms with Gasteiger partial charge in [-0.15, -0.1) is 0 Å². The Kier molecular flexibility index (Phi) is 4.61. The zero-order valence-corrected chi connectivity index (χ0v) is 11.1. The summed E-state index contributed by atoms with van der Waals surface area (Å²) >= 11 is 0. The summed E-state index contributed by atoms with van der Waals surface area (Å²) in [5.41, 5.74) is 8.94. The maximum absolute atomic E-state index is 13.4. The quantitative estimate of drug-likeness (QED) is 0.598. The van der Waals surface area contributed by atoms with E-state index in [2.05, 4.69) is 0 Å². The fraction of sp³-hybridized carbons (Fsp3) is 0.417. The number of nitrogens with two attached hydrogens (primary N) is 2. The molecule has 4 N–H and O–H groups in total. The van der Waals surface area contributed by atoms with Crippen LogP contribution in [0.4, 0.5) is 10.1 Å². The van der Waals surface area contributed by atoms with Gasteiger partial charge >= 0.3 is 5.69 Å². The third kappa shape index (κ3) is 3.89. The van der Waals surface area contributed by atoms with Gasteiger partial charge in [0.1, 0.15) is 5.75 Å². The van der Waals surface area contributed by atoms with Crippen LogP contribution in [-0.2, 0) is 4.79 Å². The highest BCUT2D eigenvalue weighted by Crippen LogP contribution is 2.24. The molecule has 20 heavy (non-hydrogen) atoms. The van der Waals surface area contributed by atoms with Crippen molar-refractivity contribution in [3.63, 3.8) is 0 Å². The average Bonchev–Trinajstić information content (AvgIpc) is 2.26. The number of carbonyl (C=O) groups is 1.